The number of hydrogen-bond donors (Lipinski definition) is 0. The van der Waals surface area contributed by atoms with Crippen molar-refractivity contribution in [1.29, 1.82) is 0 Å². The second-order valence-corrected chi connectivity index (χ2v) is 6.54. The number of hydrogen-bond acceptors (Lipinski definition) is 4. The van der Waals surface area contributed by atoms with E-state index in [-0.39, 0.29) is 12.0 Å². The summed E-state index contributed by atoms with van der Waals surface area (Å²) >= 11 is 0. The molecule has 1 unspecified atom stereocenters. The highest BCUT2D eigenvalue weighted by Gasteiger charge is 2.25. The number of nitrogens with zero attached hydrogens (tertiary/aromatic N) is 3. The van der Waals surface area contributed by atoms with Crippen LogP contribution in [0.4, 0.5) is 5.69 Å². The molecular weight excluding hydrogens is 326 g/mol. The van der Waals surface area contributed by atoms with Crippen molar-refractivity contribution in [3.63, 3.8) is 0 Å². The molecule has 1 saturated heterocycles. The van der Waals surface area contributed by atoms with Crippen LogP contribution in [-0.4, -0.2) is 48.1 Å². The Bertz CT molecular complexity index is 699. The Morgan fingerprint density at radius 1 is 1.15 bits per heavy atom. The number of carbonyl (C=O) groups is 1. The number of pyridine rings is 1. The number of anilines is 1. The summed E-state index contributed by atoms with van der Waals surface area (Å²) in [6.07, 6.45) is 5.40. The Morgan fingerprint density at radius 3 is 2.50 bits per heavy atom. The fourth-order valence-corrected chi connectivity index (χ4v) is 3.41. The molecule has 2 aromatic rings. The van der Waals surface area contributed by atoms with Crippen molar-refractivity contribution in [2.45, 2.75) is 32.8 Å². The third-order valence-electron chi connectivity index (χ3n) is 4.86. The number of piperidine rings is 1. The molecule has 1 atom stereocenters. The van der Waals surface area contributed by atoms with Crippen LogP contribution in [-0.2, 0) is 0 Å². The minimum Gasteiger partial charge on any atom is -0.488 e. The number of benzene rings is 1. The predicted molar refractivity (Wildman–Crippen MR) is 104 cm³/mol. The SMILES string of the molecule is CCN(CC)c1ccc(C(=O)N2CCCC(Oc3ccncc3)C2)cc1. The van der Waals surface area contributed by atoms with Gasteiger partial charge in [-0.15, -0.1) is 0 Å². The van der Waals surface area contributed by atoms with E-state index in [2.05, 4.69) is 23.7 Å². The first-order valence-electron chi connectivity index (χ1n) is 9.42. The molecule has 1 aromatic heterocycles. The lowest BCUT2D eigenvalue weighted by atomic mass is 10.1. The summed E-state index contributed by atoms with van der Waals surface area (Å²) in [5.74, 6) is 0.891. The molecule has 3 rings (SSSR count). The van der Waals surface area contributed by atoms with Crippen molar-refractivity contribution in [1.82, 2.24) is 9.88 Å². The number of aromatic nitrogens is 1. The quantitative estimate of drug-likeness (QED) is 0.796. The smallest absolute Gasteiger partial charge is 0.253 e. The summed E-state index contributed by atoms with van der Waals surface area (Å²) in [6, 6.07) is 11.6. The molecule has 1 fully saturated rings. The molecule has 0 bridgehead atoms. The summed E-state index contributed by atoms with van der Waals surface area (Å²) in [5.41, 5.74) is 1.90. The molecule has 138 valence electrons. The Balaban J connectivity index is 1.63. The zero-order valence-electron chi connectivity index (χ0n) is 15.6. The molecule has 1 amide bonds. The van der Waals surface area contributed by atoms with Crippen molar-refractivity contribution >= 4 is 11.6 Å². The maximum Gasteiger partial charge on any atom is 0.253 e. The van der Waals surface area contributed by atoms with E-state index in [1.807, 2.05) is 41.3 Å². The average Bonchev–Trinajstić information content (AvgIpc) is 2.70. The summed E-state index contributed by atoms with van der Waals surface area (Å²) in [4.78, 5) is 21.0. The van der Waals surface area contributed by atoms with Crippen LogP contribution in [0.25, 0.3) is 0 Å². The molecule has 26 heavy (non-hydrogen) atoms. The van der Waals surface area contributed by atoms with Gasteiger partial charge >= 0.3 is 0 Å². The van der Waals surface area contributed by atoms with Gasteiger partial charge in [-0.1, -0.05) is 0 Å². The molecule has 0 aliphatic carbocycles. The lowest BCUT2D eigenvalue weighted by Gasteiger charge is -2.33. The molecule has 2 heterocycles. The van der Waals surface area contributed by atoms with Gasteiger partial charge in [0, 0.05) is 43.3 Å². The van der Waals surface area contributed by atoms with E-state index in [1.165, 1.54) is 0 Å². The van der Waals surface area contributed by atoms with Gasteiger partial charge in [0.05, 0.1) is 6.54 Å². The first-order chi connectivity index (χ1) is 12.7. The first kappa shape index (κ1) is 18.2. The zero-order chi connectivity index (χ0) is 18.4. The molecule has 5 nitrogen and oxygen atoms in total. The molecule has 0 radical (unpaired) electrons. The minimum atomic E-state index is 0.0325. The largest absolute Gasteiger partial charge is 0.488 e. The highest BCUT2D eigenvalue weighted by Crippen LogP contribution is 2.21. The second kappa shape index (κ2) is 8.70. The van der Waals surface area contributed by atoms with Crippen molar-refractivity contribution < 1.29 is 9.53 Å². The fourth-order valence-electron chi connectivity index (χ4n) is 3.41. The van der Waals surface area contributed by atoms with Gasteiger partial charge in [0.2, 0.25) is 0 Å². The van der Waals surface area contributed by atoms with Crippen LogP contribution in [0.3, 0.4) is 0 Å². The van der Waals surface area contributed by atoms with Crippen LogP contribution < -0.4 is 9.64 Å². The second-order valence-electron chi connectivity index (χ2n) is 6.54. The van der Waals surface area contributed by atoms with Crippen LogP contribution in [0.5, 0.6) is 5.75 Å². The lowest BCUT2D eigenvalue weighted by molar-refractivity contribution is 0.0538. The fraction of sp³-hybridized carbons (Fsp3) is 0.429. The number of likely N-dealkylation sites (tertiary alicyclic amines) is 1. The van der Waals surface area contributed by atoms with E-state index in [0.717, 1.165) is 49.5 Å². The third-order valence-corrected chi connectivity index (χ3v) is 4.86. The topological polar surface area (TPSA) is 45.7 Å². The first-order valence-corrected chi connectivity index (χ1v) is 9.42. The van der Waals surface area contributed by atoms with Gasteiger partial charge in [0.15, 0.2) is 0 Å². The van der Waals surface area contributed by atoms with Crippen LogP contribution in [0.15, 0.2) is 48.8 Å². The summed E-state index contributed by atoms with van der Waals surface area (Å²) in [5, 5.41) is 0. The summed E-state index contributed by atoms with van der Waals surface area (Å²) < 4.78 is 6.01. The molecule has 1 aromatic carbocycles. The summed E-state index contributed by atoms with van der Waals surface area (Å²) in [7, 11) is 0. The standard InChI is InChI=1S/C21H27N3O2/c1-3-23(4-2)18-9-7-17(8-10-18)21(25)24-15-5-6-20(16-24)26-19-11-13-22-14-12-19/h7-14,20H,3-6,15-16H2,1-2H3. The molecule has 1 aliphatic heterocycles. The Kier molecular flexibility index (Phi) is 6.10. The van der Waals surface area contributed by atoms with Gasteiger partial charge in [-0.3, -0.25) is 9.78 Å². The maximum absolute atomic E-state index is 12.9. The molecule has 5 heteroatoms. The van der Waals surface area contributed by atoms with Crippen LogP contribution in [0, 0.1) is 0 Å². The number of rotatable bonds is 6. The van der Waals surface area contributed by atoms with E-state index >= 15 is 0 Å². The molecule has 1 aliphatic rings. The zero-order valence-corrected chi connectivity index (χ0v) is 15.6. The Labute approximate surface area is 155 Å². The van der Waals surface area contributed by atoms with Crippen molar-refractivity contribution in [3.8, 4) is 5.75 Å². The van der Waals surface area contributed by atoms with E-state index in [0.29, 0.717) is 6.54 Å². The van der Waals surface area contributed by atoms with Gasteiger partial charge < -0.3 is 14.5 Å². The van der Waals surface area contributed by atoms with Crippen LogP contribution in [0.1, 0.15) is 37.0 Å². The van der Waals surface area contributed by atoms with Gasteiger partial charge in [-0.25, -0.2) is 0 Å². The van der Waals surface area contributed by atoms with Gasteiger partial charge in [-0.2, -0.15) is 0 Å². The molecule has 0 spiro atoms. The van der Waals surface area contributed by atoms with Crippen molar-refractivity contribution in [2.75, 3.05) is 31.1 Å². The number of amides is 1. The van der Waals surface area contributed by atoms with Crippen molar-refractivity contribution in [3.05, 3.63) is 54.4 Å². The van der Waals surface area contributed by atoms with Gasteiger partial charge in [-0.05, 0) is 63.1 Å². The third kappa shape index (κ3) is 4.34. The van der Waals surface area contributed by atoms with Gasteiger partial charge in [0.1, 0.15) is 11.9 Å². The van der Waals surface area contributed by atoms with E-state index in [4.69, 9.17) is 4.74 Å². The van der Waals surface area contributed by atoms with E-state index in [9.17, 15) is 4.79 Å². The minimum absolute atomic E-state index is 0.0325. The molecular formula is C21H27N3O2. The maximum atomic E-state index is 12.9. The monoisotopic (exact) mass is 353 g/mol. The number of carbonyl (C=O) groups excluding carboxylic acids is 1. The predicted octanol–water partition coefficient (Wildman–Crippen LogP) is 3.61. The normalized spacial score (nSPS) is 17.0. The van der Waals surface area contributed by atoms with Crippen molar-refractivity contribution in [2.24, 2.45) is 0 Å². The number of ether oxygens (including phenoxy) is 1. The molecule has 0 saturated carbocycles. The van der Waals surface area contributed by atoms with Crippen LogP contribution >= 0.6 is 0 Å². The lowest BCUT2D eigenvalue weighted by Crippen LogP contribution is -2.44. The Hall–Kier alpha value is -2.56. The van der Waals surface area contributed by atoms with E-state index < -0.39 is 0 Å². The molecule has 0 N–H and O–H groups in total. The highest BCUT2D eigenvalue weighted by atomic mass is 16.5. The van der Waals surface area contributed by atoms with Crippen LogP contribution in [0.2, 0.25) is 0 Å². The highest BCUT2D eigenvalue weighted by molar-refractivity contribution is 5.94. The Morgan fingerprint density at radius 2 is 1.85 bits per heavy atom. The summed E-state index contributed by atoms with van der Waals surface area (Å²) in [6.45, 7) is 7.61. The van der Waals surface area contributed by atoms with E-state index in [1.54, 1.807) is 12.4 Å². The van der Waals surface area contributed by atoms with Gasteiger partial charge in [0.25, 0.3) is 5.91 Å². The average molecular weight is 353 g/mol.